The minimum atomic E-state index is -0.538. The zero-order valence-electron chi connectivity index (χ0n) is 16.1. The monoisotopic (exact) mass is 504 g/mol. The van der Waals surface area contributed by atoms with Gasteiger partial charge in [-0.1, -0.05) is 70.7 Å². The van der Waals surface area contributed by atoms with Crippen LogP contribution in [0.25, 0.3) is 22.5 Å². The number of furan rings is 1. The average Bonchev–Trinajstić information content (AvgIpc) is 3.12. The van der Waals surface area contributed by atoms with Crippen LogP contribution in [0.3, 0.4) is 0 Å². The summed E-state index contributed by atoms with van der Waals surface area (Å²) >= 11 is 24.9. The van der Waals surface area contributed by atoms with Gasteiger partial charge in [0.15, 0.2) is 5.76 Å². The molecule has 4 aromatic rings. The summed E-state index contributed by atoms with van der Waals surface area (Å²) in [6.07, 6.45) is 1.30. The van der Waals surface area contributed by atoms with Crippen LogP contribution in [0.1, 0.15) is 5.76 Å². The topological polar surface area (TPSA) is 68.6 Å². The second-order valence-electron chi connectivity index (χ2n) is 6.62. The van der Waals surface area contributed by atoms with E-state index >= 15 is 0 Å². The van der Waals surface area contributed by atoms with E-state index in [1.165, 1.54) is 18.3 Å². The van der Waals surface area contributed by atoms with Crippen LogP contribution in [-0.2, 0) is 0 Å². The highest BCUT2D eigenvalue weighted by atomic mass is 35.5. The fourth-order valence-electron chi connectivity index (χ4n) is 3.16. The lowest BCUT2D eigenvalue weighted by Gasteiger charge is -2.07. The predicted molar refractivity (Wildman–Crippen MR) is 130 cm³/mol. The quantitative estimate of drug-likeness (QED) is 0.154. The van der Waals surface area contributed by atoms with Crippen molar-refractivity contribution in [3.8, 4) is 22.5 Å². The number of benzene rings is 3. The standard InChI is InChI=1S/C23H12Cl4N2O3/c24-13-6-8-16(18(26)10-13)21-22(29(30)31)20(12-28-15-4-2-1-3-5-15)32-23(21)17-9-7-14(25)11-19(17)27/h1-12H. The van der Waals surface area contributed by atoms with Crippen LogP contribution in [-0.4, -0.2) is 11.1 Å². The van der Waals surface area contributed by atoms with Crippen LogP contribution in [0.2, 0.25) is 20.1 Å². The van der Waals surface area contributed by atoms with Gasteiger partial charge in [0, 0.05) is 21.2 Å². The summed E-state index contributed by atoms with van der Waals surface area (Å²) in [6, 6.07) is 18.4. The molecule has 0 saturated heterocycles. The van der Waals surface area contributed by atoms with Gasteiger partial charge in [-0.2, -0.15) is 0 Å². The first-order valence-corrected chi connectivity index (χ1v) is 10.7. The van der Waals surface area contributed by atoms with Crippen LogP contribution in [0.4, 0.5) is 11.4 Å². The highest BCUT2D eigenvalue weighted by molar-refractivity contribution is 6.38. The van der Waals surface area contributed by atoms with Crippen molar-refractivity contribution >= 4 is 64.0 Å². The lowest BCUT2D eigenvalue weighted by Crippen LogP contribution is -1.94. The van der Waals surface area contributed by atoms with Crippen molar-refractivity contribution in [1.82, 2.24) is 0 Å². The van der Waals surface area contributed by atoms with Crippen molar-refractivity contribution in [3.63, 3.8) is 0 Å². The molecule has 160 valence electrons. The lowest BCUT2D eigenvalue weighted by molar-refractivity contribution is -0.384. The minimum Gasteiger partial charge on any atom is -0.447 e. The summed E-state index contributed by atoms with van der Waals surface area (Å²) in [5.41, 5.74) is 1.26. The van der Waals surface area contributed by atoms with Crippen LogP contribution in [0.5, 0.6) is 0 Å². The maximum Gasteiger partial charge on any atom is 0.324 e. The number of halogens is 4. The summed E-state index contributed by atoms with van der Waals surface area (Å²) in [4.78, 5) is 15.9. The van der Waals surface area contributed by atoms with Crippen LogP contribution >= 0.6 is 46.4 Å². The minimum absolute atomic E-state index is 0.0547. The summed E-state index contributed by atoms with van der Waals surface area (Å²) in [5.74, 6) is 0.109. The smallest absolute Gasteiger partial charge is 0.324 e. The molecule has 0 aliphatic carbocycles. The van der Waals surface area contributed by atoms with Gasteiger partial charge in [0.1, 0.15) is 5.56 Å². The first-order chi connectivity index (χ1) is 15.3. The zero-order valence-corrected chi connectivity index (χ0v) is 19.1. The number of hydrogen-bond acceptors (Lipinski definition) is 4. The Morgan fingerprint density at radius 1 is 0.844 bits per heavy atom. The molecule has 0 aliphatic rings. The molecule has 0 saturated carbocycles. The van der Waals surface area contributed by atoms with Gasteiger partial charge in [-0.3, -0.25) is 15.1 Å². The third-order valence-corrected chi connectivity index (χ3v) is 5.65. The van der Waals surface area contributed by atoms with Gasteiger partial charge in [-0.05, 0) is 42.5 Å². The van der Waals surface area contributed by atoms with Crippen LogP contribution in [0.15, 0.2) is 76.1 Å². The Bertz CT molecular complexity index is 1350. The second-order valence-corrected chi connectivity index (χ2v) is 8.31. The fourth-order valence-corrected chi connectivity index (χ4v) is 4.16. The number of nitrogens with zero attached hydrogens (tertiary/aromatic N) is 2. The molecular formula is C23H12Cl4N2O3. The number of rotatable bonds is 5. The van der Waals surface area contributed by atoms with Crippen molar-refractivity contribution in [2.24, 2.45) is 4.99 Å². The van der Waals surface area contributed by atoms with Crippen LogP contribution < -0.4 is 0 Å². The Labute approximate surface area is 203 Å². The molecule has 0 aliphatic heterocycles. The third-order valence-electron chi connectivity index (χ3n) is 4.56. The lowest BCUT2D eigenvalue weighted by atomic mass is 10.00. The van der Waals surface area contributed by atoms with E-state index in [9.17, 15) is 10.1 Å². The molecule has 3 aromatic carbocycles. The average molecular weight is 506 g/mol. The van der Waals surface area contributed by atoms with E-state index in [0.29, 0.717) is 26.9 Å². The maximum absolute atomic E-state index is 12.1. The van der Waals surface area contributed by atoms with Crippen molar-refractivity contribution in [2.45, 2.75) is 0 Å². The zero-order chi connectivity index (χ0) is 22.8. The fraction of sp³-hybridized carbons (Fsp3) is 0. The Balaban J connectivity index is 2.01. The van der Waals surface area contributed by atoms with Crippen molar-refractivity contribution < 1.29 is 9.34 Å². The molecule has 0 radical (unpaired) electrons. The highest BCUT2D eigenvalue weighted by Gasteiger charge is 2.32. The van der Waals surface area contributed by atoms with Crippen molar-refractivity contribution in [1.29, 1.82) is 0 Å². The number of para-hydroxylation sites is 1. The SMILES string of the molecule is O=[N+]([O-])c1c(C=Nc2ccccc2)oc(-c2ccc(Cl)cc2Cl)c1-c1ccc(Cl)cc1Cl. The van der Waals surface area contributed by atoms with E-state index in [1.54, 1.807) is 48.5 Å². The third kappa shape index (κ3) is 4.52. The molecule has 5 nitrogen and oxygen atoms in total. The molecule has 0 atom stereocenters. The van der Waals surface area contributed by atoms with Gasteiger partial charge >= 0.3 is 5.69 Å². The van der Waals surface area contributed by atoms with Gasteiger partial charge < -0.3 is 4.42 Å². The Kier molecular flexibility index (Phi) is 6.53. The summed E-state index contributed by atoms with van der Waals surface area (Å²) in [6.45, 7) is 0. The molecule has 0 spiro atoms. The molecule has 0 N–H and O–H groups in total. The van der Waals surface area contributed by atoms with Gasteiger partial charge in [-0.15, -0.1) is 0 Å². The Morgan fingerprint density at radius 3 is 2.00 bits per heavy atom. The van der Waals surface area contributed by atoms with Gasteiger partial charge in [0.2, 0.25) is 5.76 Å². The summed E-state index contributed by atoms with van der Waals surface area (Å²) in [5, 5.41) is 13.4. The Morgan fingerprint density at radius 2 is 1.44 bits per heavy atom. The normalized spacial score (nSPS) is 11.2. The number of aliphatic imine (C=N–C) groups is 1. The van der Waals surface area contributed by atoms with E-state index in [0.717, 1.165) is 0 Å². The van der Waals surface area contributed by atoms with Crippen LogP contribution in [0, 0.1) is 10.1 Å². The van der Waals surface area contributed by atoms with Gasteiger partial charge in [-0.25, -0.2) is 0 Å². The highest BCUT2D eigenvalue weighted by Crippen LogP contribution is 2.47. The van der Waals surface area contributed by atoms with Crippen molar-refractivity contribution in [3.05, 3.63) is 103 Å². The summed E-state index contributed by atoms with van der Waals surface area (Å²) < 4.78 is 5.97. The molecule has 4 rings (SSSR count). The molecular weight excluding hydrogens is 494 g/mol. The maximum atomic E-state index is 12.1. The van der Waals surface area contributed by atoms with E-state index in [4.69, 9.17) is 50.8 Å². The number of hydrogen-bond donors (Lipinski definition) is 0. The molecule has 0 amide bonds. The van der Waals surface area contributed by atoms with Gasteiger partial charge in [0.05, 0.1) is 26.9 Å². The van der Waals surface area contributed by atoms with E-state index in [2.05, 4.69) is 4.99 Å². The van der Waals surface area contributed by atoms with Gasteiger partial charge in [0.25, 0.3) is 0 Å². The molecule has 0 unspecified atom stereocenters. The molecule has 32 heavy (non-hydrogen) atoms. The molecule has 1 heterocycles. The van der Waals surface area contributed by atoms with E-state index in [-0.39, 0.29) is 32.8 Å². The molecule has 0 fully saturated rings. The largest absolute Gasteiger partial charge is 0.447 e. The number of nitro groups is 1. The predicted octanol–water partition coefficient (Wildman–Crippen LogP) is 8.89. The van der Waals surface area contributed by atoms with E-state index < -0.39 is 4.92 Å². The molecule has 9 heteroatoms. The first kappa shape index (κ1) is 22.4. The molecule has 0 bridgehead atoms. The summed E-state index contributed by atoms with van der Waals surface area (Å²) in [7, 11) is 0. The van der Waals surface area contributed by atoms with Crippen molar-refractivity contribution in [2.75, 3.05) is 0 Å². The Hall–Kier alpha value is -2.83. The first-order valence-electron chi connectivity index (χ1n) is 9.16. The second kappa shape index (κ2) is 9.35. The van der Waals surface area contributed by atoms with E-state index in [1.807, 2.05) is 6.07 Å². The molecule has 1 aromatic heterocycles.